The Kier molecular flexibility index (Phi) is 7.41. The van der Waals surface area contributed by atoms with Gasteiger partial charge in [0.15, 0.2) is 0 Å². The number of nitrogens with zero attached hydrogens (tertiary/aromatic N) is 3. The first-order chi connectivity index (χ1) is 20.8. The van der Waals surface area contributed by atoms with Crippen LogP contribution in [0.25, 0.3) is 33.1 Å². The average molecular weight is 580 g/mol. The van der Waals surface area contributed by atoms with Gasteiger partial charge in [-0.3, -0.25) is 0 Å². The summed E-state index contributed by atoms with van der Waals surface area (Å²) in [7, 11) is 0. The van der Waals surface area contributed by atoms with Gasteiger partial charge >= 0.3 is 5.97 Å². The van der Waals surface area contributed by atoms with Crippen LogP contribution < -0.4 is 4.90 Å². The van der Waals surface area contributed by atoms with Gasteiger partial charge in [-0.1, -0.05) is 41.5 Å². The largest absolute Gasteiger partial charge is 0.477 e. The maximum Gasteiger partial charge on any atom is 0.346 e. The second-order valence-electron chi connectivity index (χ2n) is 10.6. The van der Waals surface area contributed by atoms with Gasteiger partial charge in [0.05, 0.1) is 5.52 Å². The summed E-state index contributed by atoms with van der Waals surface area (Å²) in [6.45, 7) is 6.13. The van der Waals surface area contributed by atoms with Crippen LogP contribution in [0.4, 0.5) is 17.1 Å². The maximum atomic E-state index is 11.3. The van der Waals surface area contributed by atoms with E-state index in [1.165, 1.54) is 28.5 Å². The van der Waals surface area contributed by atoms with Crippen molar-refractivity contribution in [2.45, 2.75) is 20.8 Å². The van der Waals surface area contributed by atoms with Gasteiger partial charge in [0.25, 0.3) is 0 Å². The highest BCUT2D eigenvalue weighted by atomic mass is 32.1. The van der Waals surface area contributed by atoms with Crippen LogP contribution in [-0.2, 0) is 4.79 Å². The molecule has 0 fully saturated rings. The Morgan fingerprint density at radius 1 is 0.814 bits per heavy atom. The molecule has 0 saturated heterocycles. The van der Waals surface area contributed by atoms with Crippen molar-refractivity contribution in [1.29, 1.82) is 5.26 Å². The van der Waals surface area contributed by atoms with Gasteiger partial charge in [-0.2, -0.15) is 5.26 Å². The topological polar surface area (TPSA) is 69.3 Å². The molecule has 43 heavy (non-hydrogen) atoms. The van der Waals surface area contributed by atoms with E-state index >= 15 is 0 Å². The molecule has 6 heteroatoms. The first kappa shape index (κ1) is 27.8. The van der Waals surface area contributed by atoms with Crippen molar-refractivity contribution >= 4 is 51.3 Å². The van der Waals surface area contributed by atoms with Crippen molar-refractivity contribution in [2.24, 2.45) is 0 Å². The molecule has 6 aromatic rings. The van der Waals surface area contributed by atoms with Gasteiger partial charge in [-0.05, 0) is 111 Å². The lowest BCUT2D eigenvalue weighted by Crippen LogP contribution is -2.10. The number of hydrogen-bond acceptors (Lipinski definition) is 4. The standard InChI is InChI=1S/C37H29N3O2S/c1-24-4-9-31(10-5-24)40(32-11-6-25(2)7-12-32)33-15-13-30(14-16-33)39-19-18-27-21-28(8-17-34(27)39)36-20-26(3)35(43-36)22-29(23-38)37(41)42/h4-22H,1-3H3,(H,41,42)/b29-22+. The maximum absolute atomic E-state index is 11.3. The lowest BCUT2D eigenvalue weighted by atomic mass is 10.1. The Hall–Kier alpha value is -5.38. The second kappa shape index (κ2) is 11.5. The molecule has 5 nitrogen and oxygen atoms in total. The molecule has 0 saturated carbocycles. The van der Waals surface area contributed by atoms with Crippen molar-refractivity contribution in [3.63, 3.8) is 0 Å². The van der Waals surface area contributed by atoms with Gasteiger partial charge in [-0.25, -0.2) is 4.79 Å². The number of carbonyl (C=O) groups is 1. The molecular weight excluding hydrogens is 550 g/mol. The van der Waals surface area contributed by atoms with Crippen molar-refractivity contribution in [3.8, 4) is 22.2 Å². The fraction of sp³-hybridized carbons (Fsp3) is 0.0811. The summed E-state index contributed by atoms with van der Waals surface area (Å²) < 4.78 is 2.19. The zero-order valence-corrected chi connectivity index (χ0v) is 24.9. The number of nitriles is 1. The molecule has 0 amide bonds. The zero-order valence-electron chi connectivity index (χ0n) is 24.1. The van der Waals surface area contributed by atoms with Crippen molar-refractivity contribution in [3.05, 3.63) is 136 Å². The minimum absolute atomic E-state index is 0.268. The Labute approximate surface area is 254 Å². The Bertz CT molecular complexity index is 1980. The molecule has 0 aliphatic heterocycles. The number of hydrogen-bond donors (Lipinski definition) is 1. The molecule has 6 rings (SSSR count). The van der Waals surface area contributed by atoms with Gasteiger partial charge in [0.1, 0.15) is 11.6 Å². The highest BCUT2D eigenvalue weighted by molar-refractivity contribution is 7.16. The molecule has 0 atom stereocenters. The van der Waals surface area contributed by atoms with Crippen molar-refractivity contribution < 1.29 is 9.90 Å². The summed E-state index contributed by atoms with van der Waals surface area (Å²) >= 11 is 1.49. The van der Waals surface area contributed by atoms with Crippen LogP contribution in [0, 0.1) is 32.1 Å². The third-order valence-corrected chi connectivity index (χ3v) is 8.76. The van der Waals surface area contributed by atoms with Gasteiger partial charge in [-0.15, -0.1) is 11.3 Å². The monoisotopic (exact) mass is 579 g/mol. The highest BCUT2D eigenvalue weighted by Gasteiger charge is 2.14. The fourth-order valence-electron chi connectivity index (χ4n) is 5.17. The minimum atomic E-state index is -1.22. The normalized spacial score (nSPS) is 11.4. The average Bonchev–Trinajstić information content (AvgIpc) is 3.61. The Morgan fingerprint density at radius 2 is 1.40 bits per heavy atom. The zero-order chi connectivity index (χ0) is 30.1. The molecule has 0 radical (unpaired) electrons. The van der Waals surface area contributed by atoms with Crippen molar-refractivity contribution in [1.82, 2.24) is 4.57 Å². The number of anilines is 3. The molecule has 210 valence electrons. The van der Waals surface area contributed by atoms with Crippen LogP contribution in [0.3, 0.4) is 0 Å². The molecule has 0 unspecified atom stereocenters. The van der Waals surface area contributed by atoms with E-state index in [1.54, 1.807) is 6.07 Å². The van der Waals surface area contributed by atoms with Crippen LogP contribution in [0.1, 0.15) is 21.6 Å². The SMILES string of the molecule is Cc1ccc(N(c2ccc(C)cc2)c2ccc(-n3ccc4cc(-c5cc(C)c(/C=C(\C#N)C(=O)O)s5)ccc43)cc2)cc1. The predicted molar refractivity (Wildman–Crippen MR) is 177 cm³/mol. The lowest BCUT2D eigenvalue weighted by molar-refractivity contribution is -0.132. The number of benzene rings is 4. The fourth-order valence-corrected chi connectivity index (χ4v) is 6.29. The molecule has 0 aliphatic rings. The molecule has 1 N–H and O–H groups in total. The van der Waals surface area contributed by atoms with E-state index in [4.69, 9.17) is 5.26 Å². The number of fused-ring (bicyclic) bond motifs is 1. The summed E-state index contributed by atoms with van der Waals surface area (Å²) in [5, 5.41) is 19.5. The van der Waals surface area contributed by atoms with E-state index in [9.17, 15) is 9.90 Å². The third kappa shape index (κ3) is 5.59. The van der Waals surface area contributed by atoms with Gasteiger partial charge < -0.3 is 14.6 Å². The Balaban J connectivity index is 1.32. The van der Waals surface area contributed by atoms with Crippen LogP contribution in [0.2, 0.25) is 0 Å². The van der Waals surface area contributed by atoms with E-state index < -0.39 is 5.97 Å². The van der Waals surface area contributed by atoms with Gasteiger partial charge in [0, 0.05) is 44.1 Å². The summed E-state index contributed by atoms with van der Waals surface area (Å²) in [6.07, 6.45) is 3.53. The third-order valence-electron chi connectivity index (χ3n) is 7.53. The molecular formula is C37H29N3O2S. The van der Waals surface area contributed by atoms with Crippen LogP contribution >= 0.6 is 11.3 Å². The number of aryl methyl sites for hydroxylation is 3. The molecule has 2 aromatic heterocycles. The van der Waals surface area contributed by atoms with E-state index in [-0.39, 0.29) is 5.57 Å². The summed E-state index contributed by atoms with van der Waals surface area (Å²) in [6, 6.07) is 38.1. The summed E-state index contributed by atoms with van der Waals surface area (Å²) in [4.78, 5) is 15.4. The molecule has 0 bridgehead atoms. The van der Waals surface area contributed by atoms with Crippen LogP contribution in [0.15, 0.2) is 115 Å². The number of aliphatic carboxylic acids is 1. The van der Waals surface area contributed by atoms with Gasteiger partial charge in [0.2, 0.25) is 0 Å². The predicted octanol–water partition coefficient (Wildman–Crippen LogP) is 9.75. The summed E-state index contributed by atoms with van der Waals surface area (Å²) in [5.74, 6) is -1.22. The second-order valence-corrected chi connectivity index (χ2v) is 11.7. The van der Waals surface area contributed by atoms with Crippen LogP contribution in [-0.4, -0.2) is 15.6 Å². The van der Waals surface area contributed by atoms with Crippen LogP contribution in [0.5, 0.6) is 0 Å². The summed E-state index contributed by atoms with van der Waals surface area (Å²) in [5.41, 5.74) is 9.63. The Morgan fingerprint density at radius 3 is 1.95 bits per heavy atom. The quantitative estimate of drug-likeness (QED) is 0.151. The highest BCUT2D eigenvalue weighted by Crippen LogP contribution is 2.37. The van der Waals surface area contributed by atoms with E-state index in [0.717, 1.165) is 54.5 Å². The lowest BCUT2D eigenvalue weighted by Gasteiger charge is -2.26. The molecule has 0 spiro atoms. The molecule has 0 aliphatic carbocycles. The van der Waals surface area contributed by atoms with E-state index in [2.05, 4.69) is 127 Å². The molecule has 4 aromatic carbocycles. The first-order valence-corrected chi connectivity index (χ1v) is 14.7. The number of aromatic nitrogens is 1. The number of thiophene rings is 1. The number of carboxylic acids is 1. The molecule has 2 heterocycles. The number of rotatable bonds is 7. The number of carboxylic acid groups (broad SMARTS) is 1. The van der Waals surface area contributed by atoms with E-state index in [0.29, 0.717) is 0 Å². The van der Waals surface area contributed by atoms with E-state index in [1.807, 2.05) is 13.0 Å². The minimum Gasteiger partial charge on any atom is -0.477 e. The van der Waals surface area contributed by atoms with Crippen molar-refractivity contribution in [2.75, 3.05) is 4.90 Å². The smallest absolute Gasteiger partial charge is 0.346 e. The first-order valence-electron chi connectivity index (χ1n) is 13.9.